The maximum Gasteiger partial charge on any atom is 0.305 e. The Morgan fingerprint density at radius 1 is 1.47 bits per heavy atom. The molecule has 0 aliphatic carbocycles. The number of rotatable bonds is 3. The lowest BCUT2D eigenvalue weighted by Crippen LogP contribution is -1.89. The number of hydrogen-bond acceptors (Lipinski definition) is 3. The van der Waals surface area contributed by atoms with E-state index in [9.17, 15) is 4.79 Å². The Kier molecular flexibility index (Phi) is 2.84. The second-order valence-corrected chi connectivity index (χ2v) is 4.37. The topological polar surface area (TPSA) is 56.6 Å². The lowest BCUT2D eigenvalue weighted by Gasteiger charge is -1.98. The molecule has 76 valence electrons. The van der Waals surface area contributed by atoms with E-state index in [2.05, 4.69) is 11.1 Å². The van der Waals surface area contributed by atoms with E-state index in [4.69, 9.17) is 5.26 Å². The second kappa shape index (κ2) is 4.28. The van der Waals surface area contributed by atoms with Crippen LogP contribution in [-0.4, -0.2) is 4.98 Å². The number of benzene rings is 1. The van der Waals surface area contributed by atoms with Gasteiger partial charge in [-0.25, -0.2) is 0 Å². The second-order valence-electron chi connectivity index (χ2n) is 3.36. The Hall–Kier alpha value is -1.60. The Balaban J connectivity index is 2.23. The zero-order chi connectivity index (χ0) is 10.7. The van der Waals surface area contributed by atoms with Crippen LogP contribution in [0.15, 0.2) is 23.0 Å². The molecular weight excluding hydrogens is 208 g/mol. The predicted molar refractivity (Wildman–Crippen MR) is 61.0 cm³/mol. The van der Waals surface area contributed by atoms with Crippen molar-refractivity contribution in [3.8, 4) is 6.07 Å². The van der Waals surface area contributed by atoms with Gasteiger partial charge in [0.1, 0.15) is 0 Å². The van der Waals surface area contributed by atoms with Crippen molar-refractivity contribution in [1.82, 2.24) is 4.98 Å². The first-order valence-corrected chi connectivity index (χ1v) is 5.60. The minimum absolute atomic E-state index is 0.0147. The quantitative estimate of drug-likeness (QED) is 0.804. The fourth-order valence-electron chi connectivity index (χ4n) is 1.52. The van der Waals surface area contributed by atoms with E-state index in [1.54, 1.807) is 0 Å². The number of unbranched alkanes of at least 4 members (excludes halogenated alkanes) is 1. The molecule has 1 heterocycles. The van der Waals surface area contributed by atoms with Gasteiger partial charge in [-0.15, -0.1) is 0 Å². The highest BCUT2D eigenvalue weighted by atomic mass is 32.1. The molecule has 2 rings (SSSR count). The number of fused-ring (bicyclic) bond motifs is 1. The molecule has 0 radical (unpaired) electrons. The third-order valence-corrected chi connectivity index (χ3v) is 3.08. The summed E-state index contributed by atoms with van der Waals surface area (Å²) < 4.78 is 0.995. The molecule has 3 nitrogen and oxygen atoms in total. The van der Waals surface area contributed by atoms with Crippen LogP contribution >= 0.6 is 11.3 Å². The van der Waals surface area contributed by atoms with Crippen LogP contribution in [0.4, 0.5) is 0 Å². The van der Waals surface area contributed by atoms with Crippen molar-refractivity contribution >= 4 is 21.6 Å². The molecule has 1 aromatic carbocycles. The van der Waals surface area contributed by atoms with E-state index < -0.39 is 0 Å². The fourth-order valence-corrected chi connectivity index (χ4v) is 2.32. The first-order valence-electron chi connectivity index (χ1n) is 4.78. The molecule has 1 aromatic heterocycles. The Bertz CT molecular complexity index is 562. The normalized spacial score (nSPS) is 10.3. The van der Waals surface area contributed by atoms with Gasteiger partial charge in [-0.2, -0.15) is 5.26 Å². The van der Waals surface area contributed by atoms with Gasteiger partial charge in [0.05, 0.1) is 16.3 Å². The molecule has 0 saturated heterocycles. The zero-order valence-electron chi connectivity index (χ0n) is 8.12. The molecule has 1 N–H and O–H groups in total. The van der Waals surface area contributed by atoms with Crippen LogP contribution in [0.1, 0.15) is 18.4 Å². The van der Waals surface area contributed by atoms with Crippen molar-refractivity contribution in [2.75, 3.05) is 0 Å². The number of hydrogen-bond donors (Lipinski definition) is 1. The van der Waals surface area contributed by atoms with Gasteiger partial charge in [0.2, 0.25) is 0 Å². The Morgan fingerprint density at radius 3 is 3.13 bits per heavy atom. The highest BCUT2D eigenvalue weighted by Gasteiger charge is 2.00. The monoisotopic (exact) mass is 218 g/mol. The molecule has 0 atom stereocenters. The van der Waals surface area contributed by atoms with Gasteiger partial charge in [-0.3, -0.25) is 4.79 Å². The zero-order valence-corrected chi connectivity index (χ0v) is 8.93. The molecule has 2 aromatic rings. The summed E-state index contributed by atoms with van der Waals surface area (Å²) in [5.41, 5.74) is 2.09. The van der Waals surface area contributed by atoms with E-state index in [1.165, 1.54) is 16.9 Å². The standard InChI is InChI=1S/C11H10N2OS/c12-6-2-1-3-8-4-5-9-10(7-8)15-11(14)13-9/h4-5,7H,1-3H2,(H,13,14). The highest BCUT2D eigenvalue weighted by Crippen LogP contribution is 2.17. The summed E-state index contributed by atoms with van der Waals surface area (Å²) in [5.74, 6) is 0. The van der Waals surface area contributed by atoms with Crippen LogP contribution < -0.4 is 4.87 Å². The van der Waals surface area contributed by atoms with Crippen molar-refractivity contribution in [2.45, 2.75) is 19.3 Å². The molecule has 0 amide bonds. The Morgan fingerprint density at radius 2 is 2.33 bits per heavy atom. The minimum atomic E-state index is -0.0147. The molecule has 0 saturated carbocycles. The van der Waals surface area contributed by atoms with Crippen molar-refractivity contribution in [3.05, 3.63) is 33.4 Å². The minimum Gasteiger partial charge on any atom is -0.312 e. The molecule has 0 bridgehead atoms. The van der Waals surface area contributed by atoms with Crippen molar-refractivity contribution in [3.63, 3.8) is 0 Å². The maximum atomic E-state index is 11.1. The lowest BCUT2D eigenvalue weighted by molar-refractivity contribution is 0.852. The molecule has 0 aliphatic heterocycles. The van der Waals surface area contributed by atoms with Crippen molar-refractivity contribution in [2.24, 2.45) is 0 Å². The van der Waals surface area contributed by atoms with Gasteiger partial charge in [0.15, 0.2) is 0 Å². The van der Waals surface area contributed by atoms with Gasteiger partial charge in [0, 0.05) is 6.42 Å². The maximum absolute atomic E-state index is 11.1. The first kappa shape index (κ1) is 9.94. The summed E-state index contributed by atoms with van der Waals surface area (Å²) in [6.45, 7) is 0. The third-order valence-electron chi connectivity index (χ3n) is 2.24. The first-order chi connectivity index (χ1) is 7.29. The van der Waals surface area contributed by atoms with Crippen LogP contribution in [-0.2, 0) is 6.42 Å². The van der Waals surface area contributed by atoms with Gasteiger partial charge >= 0.3 is 4.87 Å². The summed E-state index contributed by atoms with van der Waals surface area (Å²) in [4.78, 5) is 13.8. The van der Waals surface area contributed by atoms with Gasteiger partial charge in [-0.1, -0.05) is 17.4 Å². The molecule has 15 heavy (non-hydrogen) atoms. The number of nitrogens with zero attached hydrogens (tertiary/aromatic N) is 1. The number of aryl methyl sites for hydroxylation is 1. The molecule has 0 spiro atoms. The number of H-pyrrole nitrogens is 1. The van der Waals surface area contributed by atoms with Crippen LogP contribution in [0.25, 0.3) is 10.2 Å². The van der Waals surface area contributed by atoms with Gasteiger partial charge < -0.3 is 4.98 Å². The Labute approximate surface area is 91.0 Å². The smallest absolute Gasteiger partial charge is 0.305 e. The van der Waals surface area contributed by atoms with Crippen LogP contribution in [0, 0.1) is 11.3 Å². The summed E-state index contributed by atoms with van der Waals surface area (Å²) in [5, 5.41) is 8.43. The third kappa shape index (κ3) is 2.25. The fraction of sp³-hybridized carbons (Fsp3) is 0.273. The average Bonchev–Trinajstić information content (AvgIpc) is 2.57. The number of aromatic nitrogens is 1. The summed E-state index contributed by atoms with van der Waals surface area (Å²) in [6.07, 6.45) is 2.36. The van der Waals surface area contributed by atoms with Gasteiger partial charge in [0.25, 0.3) is 0 Å². The molecule has 0 fully saturated rings. The molecule has 0 aliphatic rings. The SMILES string of the molecule is N#CCCCc1ccc2[nH]c(=O)sc2c1. The summed E-state index contributed by atoms with van der Waals surface area (Å²) in [6, 6.07) is 8.08. The van der Waals surface area contributed by atoms with Crippen molar-refractivity contribution in [1.29, 1.82) is 5.26 Å². The number of aromatic amines is 1. The van der Waals surface area contributed by atoms with E-state index in [-0.39, 0.29) is 4.87 Å². The van der Waals surface area contributed by atoms with E-state index in [1.807, 2.05) is 18.2 Å². The van der Waals surface area contributed by atoms with E-state index in [0.717, 1.165) is 23.1 Å². The van der Waals surface area contributed by atoms with E-state index >= 15 is 0 Å². The predicted octanol–water partition coefficient (Wildman–Crippen LogP) is 2.44. The molecule has 0 unspecified atom stereocenters. The number of thiazole rings is 1. The van der Waals surface area contributed by atoms with Crippen LogP contribution in [0.2, 0.25) is 0 Å². The average molecular weight is 218 g/mol. The summed E-state index contributed by atoms with van der Waals surface area (Å²) in [7, 11) is 0. The number of nitrogens with one attached hydrogen (secondary N) is 1. The largest absolute Gasteiger partial charge is 0.312 e. The lowest BCUT2D eigenvalue weighted by atomic mass is 10.1. The van der Waals surface area contributed by atoms with Crippen molar-refractivity contribution < 1.29 is 0 Å². The van der Waals surface area contributed by atoms with Gasteiger partial charge in [-0.05, 0) is 30.5 Å². The van der Waals surface area contributed by atoms with Crippen LogP contribution in [0.3, 0.4) is 0 Å². The number of nitriles is 1. The van der Waals surface area contributed by atoms with Crippen LogP contribution in [0.5, 0.6) is 0 Å². The molecular formula is C11H10N2OS. The highest BCUT2D eigenvalue weighted by molar-refractivity contribution is 7.16. The van der Waals surface area contributed by atoms with E-state index in [0.29, 0.717) is 6.42 Å². The summed E-state index contributed by atoms with van der Waals surface area (Å²) >= 11 is 1.23. The molecule has 4 heteroatoms.